The van der Waals surface area contributed by atoms with E-state index in [-0.39, 0.29) is 11.0 Å². The molecule has 0 amide bonds. The molecule has 1 aliphatic carbocycles. The Kier molecular flexibility index (Phi) is 3.30. The monoisotopic (exact) mass is 234 g/mol. The second-order valence-electron chi connectivity index (χ2n) is 4.41. The maximum absolute atomic E-state index is 2.32. The van der Waals surface area contributed by atoms with Crippen molar-refractivity contribution in [1.29, 1.82) is 0 Å². The molecule has 0 saturated carbocycles. The van der Waals surface area contributed by atoms with Gasteiger partial charge in [0.2, 0.25) is 0 Å². The predicted octanol–water partition coefficient (Wildman–Crippen LogP) is 3.93. The van der Waals surface area contributed by atoms with Crippen LogP contribution in [0.25, 0.3) is 17.2 Å². The van der Waals surface area contributed by atoms with Crippen LogP contribution in [0.1, 0.15) is 18.1 Å². The van der Waals surface area contributed by atoms with Gasteiger partial charge in [0.25, 0.3) is 0 Å². The zero-order valence-corrected chi connectivity index (χ0v) is 10.9. The van der Waals surface area contributed by atoms with Crippen LogP contribution in [0.15, 0.2) is 54.1 Å². The van der Waals surface area contributed by atoms with Crippen molar-refractivity contribution in [2.24, 2.45) is 0 Å². The minimum absolute atomic E-state index is 0. The van der Waals surface area contributed by atoms with Gasteiger partial charge in [0, 0.05) is 11.0 Å². The smallest absolute Gasteiger partial charge is 0 e. The molecule has 82 valence electrons. The van der Waals surface area contributed by atoms with Crippen LogP contribution in [0.3, 0.4) is 0 Å². The normalized spacial score (nSPS) is 12.6. The van der Waals surface area contributed by atoms with Gasteiger partial charge in [-0.2, -0.15) is 0 Å². The lowest BCUT2D eigenvalue weighted by Gasteiger charge is -2.07. The molecule has 0 atom stereocenters. The second-order valence-corrected chi connectivity index (χ2v) is 4.41. The average molecular weight is 234 g/mol. The van der Waals surface area contributed by atoms with Gasteiger partial charge in [0.15, 0.2) is 0 Å². The maximum atomic E-state index is 2.32. The highest BCUT2D eigenvalue weighted by atomic mass is 28.1. The summed E-state index contributed by atoms with van der Waals surface area (Å²) >= 11 is 0. The average Bonchev–Trinajstić information content (AvgIpc) is 2.70. The summed E-state index contributed by atoms with van der Waals surface area (Å²) in [5, 5.41) is 0. The number of fused-ring (bicyclic) bond motifs is 1. The highest BCUT2D eigenvalue weighted by molar-refractivity contribution is 5.80. The van der Waals surface area contributed by atoms with Crippen LogP contribution >= 0.6 is 0 Å². The minimum Gasteiger partial charge on any atom is -0.0683 e. The molecule has 1 aliphatic rings. The van der Waals surface area contributed by atoms with Crippen molar-refractivity contribution in [2.45, 2.75) is 13.3 Å². The van der Waals surface area contributed by atoms with E-state index in [1.54, 1.807) is 0 Å². The highest BCUT2D eigenvalue weighted by Gasteiger charge is 2.13. The zero-order valence-electron chi connectivity index (χ0n) is 9.90. The summed E-state index contributed by atoms with van der Waals surface area (Å²) < 4.78 is 0. The Morgan fingerprint density at radius 3 is 2.41 bits per heavy atom. The first-order valence-corrected chi connectivity index (χ1v) is 5.69. The number of benzene rings is 2. The van der Waals surface area contributed by atoms with Crippen LogP contribution < -0.4 is 0 Å². The third-order valence-corrected chi connectivity index (χ3v) is 3.14. The Bertz CT molecular complexity index is 553. The molecule has 2 aromatic rings. The second kappa shape index (κ2) is 4.72. The molecule has 3 rings (SSSR count). The molecular formula is C16H14Si. The molecule has 2 aromatic carbocycles. The molecule has 0 saturated heterocycles. The molecule has 0 unspecified atom stereocenters. The fraction of sp³-hybridized carbons (Fsp3) is 0.125. The SMILES string of the molecule is CC1=Cc2c(cccc2-c2ccccc2)C1.[Si]. The highest BCUT2D eigenvalue weighted by Crippen LogP contribution is 2.33. The number of hydrogen-bond donors (Lipinski definition) is 0. The Labute approximate surface area is 107 Å². The van der Waals surface area contributed by atoms with Gasteiger partial charge in [0.05, 0.1) is 0 Å². The van der Waals surface area contributed by atoms with Crippen molar-refractivity contribution in [3.63, 3.8) is 0 Å². The van der Waals surface area contributed by atoms with Gasteiger partial charge in [-0.15, -0.1) is 0 Å². The predicted molar refractivity (Wildman–Crippen MR) is 75.0 cm³/mol. The summed E-state index contributed by atoms with van der Waals surface area (Å²) in [6.45, 7) is 2.20. The summed E-state index contributed by atoms with van der Waals surface area (Å²) in [4.78, 5) is 0. The van der Waals surface area contributed by atoms with Crippen molar-refractivity contribution in [2.75, 3.05) is 0 Å². The molecule has 0 heterocycles. The van der Waals surface area contributed by atoms with Crippen LogP contribution in [0.4, 0.5) is 0 Å². The van der Waals surface area contributed by atoms with E-state index in [2.05, 4.69) is 61.5 Å². The molecule has 0 aromatic heterocycles. The van der Waals surface area contributed by atoms with E-state index >= 15 is 0 Å². The maximum Gasteiger partial charge on any atom is 0 e. The van der Waals surface area contributed by atoms with Crippen molar-refractivity contribution >= 4 is 17.0 Å². The van der Waals surface area contributed by atoms with E-state index in [9.17, 15) is 0 Å². The van der Waals surface area contributed by atoms with E-state index in [1.807, 2.05) is 0 Å². The Morgan fingerprint density at radius 2 is 1.65 bits per heavy atom. The van der Waals surface area contributed by atoms with Crippen LogP contribution in [-0.4, -0.2) is 11.0 Å². The summed E-state index contributed by atoms with van der Waals surface area (Å²) in [7, 11) is 0. The standard InChI is InChI=1S/C16H14.Si/c1-12-10-14-8-5-9-15(16(14)11-12)13-6-3-2-4-7-13;/h2-9,11H,10H2,1H3;. The van der Waals surface area contributed by atoms with E-state index in [0.717, 1.165) is 6.42 Å². The summed E-state index contributed by atoms with van der Waals surface area (Å²) in [6, 6.07) is 17.2. The van der Waals surface area contributed by atoms with E-state index in [4.69, 9.17) is 0 Å². The Morgan fingerprint density at radius 1 is 0.882 bits per heavy atom. The lowest BCUT2D eigenvalue weighted by atomic mass is 9.97. The third kappa shape index (κ3) is 2.11. The first-order valence-electron chi connectivity index (χ1n) is 5.69. The van der Waals surface area contributed by atoms with Crippen LogP contribution in [0, 0.1) is 0 Å². The van der Waals surface area contributed by atoms with Crippen LogP contribution in [0.5, 0.6) is 0 Å². The first-order chi connectivity index (χ1) is 7.84. The van der Waals surface area contributed by atoms with Gasteiger partial charge >= 0.3 is 0 Å². The van der Waals surface area contributed by atoms with Gasteiger partial charge in [0.1, 0.15) is 0 Å². The summed E-state index contributed by atoms with van der Waals surface area (Å²) in [6.07, 6.45) is 3.42. The lowest BCUT2D eigenvalue weighted by Crippen LogP contribution is -1.86. The Balaban J connectivity index is 0.00000108. The van der Waals surface area contributed by atoms with Gasteiger partial charge < -0.3 is 0 Å². The minimum atomic E-state index is 0. The quantitative estimate of drug-likeness (QED) is 0.656. The first kappa shape index (κ1) is 11.9. The fourth-order valence-corrected chi connectivity index (χ4v) is 2.40. The van der Waals surface area contributed by atoms with Gasteiger partial charge in [-0.25, -0.2) is 0 Å². The fourth-order valence-electron chi connectivity index (χ4n) is 2.40. The molecule has 4 radical (unpaired) electrons. The molecule has 0 fully saturated rings. The largest absolute Gasteiger partial charge is 0.0683 e. The van der Waals surface area contributed by atoms with Crippen molar-refractivity contribution in [3.05, 3.63) is 65.2 Å². The summed E-state index contributed by atoms with van der Waals surface area (Å²) in [5.41, 5.74) is 6.99. The van der Waals surface area contributed by atoms with Gasteiger partial charge in [-0.3, -0.25) is 0 Å². The van der Waals surface area contributed by atoms with Crippen molar-refractivity contribution < 1.29 is 0 Å². The molecule has 0 bridgehead atoms. The molecular weight excluding hydrogens is 220 g/mol. The summed E-state index contributed by atoms with van der Waals surface area (Å²) in [5.74, 6) is 0. The van der Waals surface area contributed by atoms with E-state index in [0.29, 0.717) is 0 Å². The molecule has 0 aliphatic heterocycles. The van der Waals surface area contributed by atoms with Crippen molar-refractivity contribution in [1.82, 2.24) is 0 Å². The number of allylic oxidation sites excluding steroid dienone is 1. The van der Waals surface area contributed by atoms with Crippen molar-refractivity contribution in [3.8, 4) is 11.1 Å². The van der Waals surface area contributed by atoms with Gasteiger partial charge in [-0.1, -0.05) is 60.2 Å². The molecule has 0 spiro atoms. The Hall–Kier alpha value is -1.60. The number of rotatable bonds is 1. The topological polar surface area (TPSA) is 0 Å². The molecule has 1 heteroatoms. The van der Waals surface area contributed by atoms with Crippen LogP contribution in [-0.2, 0) is 6.42 Å². The molecule has 17 heavy (non-hydrogen) atoms. The molecule has 0 nitrogen and oxygen atoms in total. The third-order valence-electron chi connectivity index (χ3n) is 3.14. The van der Waals surface area contributed by atoms with E-state index < -0.39 is 0 Å². The lowest BCUT2D eigenvalue weighted by molar-refractivity contribution is 1.20. The van der Waals surface area contributed by atoms with Crippen LogP contribution in [0.2, 0.25) is 0 Å². The van der Waals surface area contributed by atoms with E-state index in [1.165, 1.54) is 27.8 Å². The zero-order chi connectivity index (χ0) is 11.0. The number of hydrogen-bond acceptors (Lipinski definition) is 0. The molecule has 0 N–H and O–H groups in total. The van der Waals surface area contributed by atoms with Gasteiger partial charge in [-0.05, 0) is 35.6 Å².